The maximum absolute atomic E-state index is 13.4. The third-order valence-electron chi connectivity index (χ3n) is 6.51. The molecule has 7 nitrogen and oxygen atoms in total. The molecule has 0 spiro atoms. The first kappa shape index (κ1) is 28.6. The summed E-state index contributed by atoms with van der Waals surface area (Å²) in [5.74, 6) is 1.54. The van der Waals surface area contributed by atoms with Crippen LogP contribution in [0, 0.1) is 0 Å². The fraction of sp³-hybridized carbons (Fsp3) is 0.188. The van der Waals surface area contributed by atoms with Gasteiger partial charge < -0.3 is 4.74 Å². The molecule has 0 radical (unpaired) electrons. The van der Waals surface area contributed by atoms with Gasteiger partial charge in [0.1, 0.15) is 5.75 Å². The number of carbonyl (C=O) groups is 1. The summed E-state index contributed by atoms with van der Waals surface area (Å²) in [6.07, 6.45) is 1.51. The Bertz CT molecular complexity index is 1690. The van der Waals surface area contributed by atoms with Crippen molar-refractivity contribution in [3.05, 3.63) is 96.4 Å². The van der Waals surface area contributed by atoms with Crippen molar-refractivity contribution in [1.29, 1.82) is 0 Å². The summed E-state index contributed by atoms with van der Waals surface area (Å²) in [6.45, 7) is 4.21. The minimum absolute atomic E-state index is 0.173. The number of nitrogens with zero attached hydrogens (tertiary/aromatic N) is 3. The van der Waals surface area contributed by atoms with Crippen LogP contribution in [0.5, 0.6) is 5.75 Å². The van der Waals surface area contributed by atoms with E-state index >= 15 is 0 Å². The van der Waals surface area contributed by atoms with Crippen LogP contribution in [-0.2, 0) is 0 Å². The molecule has 0 bridgehead atoms. The number of rotatable bonds is 9. The molecule has 0 atom stereocenters. The summed E-state index contributed by atoms with van der Waals surface area (Å²) in [6, 6.07) is 25.7. The minimum Gasteiger partial charge on any atom is -0.0189 e. The Kier molecular flexibility index (Phi) is 8.91. The minimum atomic E-state index is -1.06. The Morgan fingerprint density at radius 1 is 0.951 bits per heavy atom. The number of benzene rings is 3. The molecule has 0 saturated heterocycles. The van der Waals surface area contributed by atoms with Gasteiger partial charge in [-0.05, 0) is 24.1 Å². The number of fused-ring (bicyclic) bond motifs is 1. The molecule has 41 heavy (non-hydrogen) atoms. The van der Waals surface area contributed by atoms with E-state index in [1.165, 1.54) is 10.7 Å². The molecule has 2 aromatic heterocycles. The summed E-state index contributed by atoms with van der Waals surface area (Å²) in [7, 11) is 1.65. The molecule has 5 aromatic rings. The summed E-state index contributed by atoms with van der Waals surface area (Å²) in [4.78, 5) is 29.0. The molecule has 208 valence electrons. The van der Waals surface area contributed by atoms with E-state index in [-0.39, 0.29) is 11.8 Å². The van der Waals surface area contributed by atoms with Gasteiger partial charge in [-0.25, -0.2) is 9.97 Å². The van der Waals surface area contributed by atoms with E-state index in [2.05, 4.69) is 58.0 Å². The van der Waals surface area contributed by atoms with Gasteiger partial charge in [-0.1, -0.05) is 13.8 Å². The van der Waals surface area contributed by atoms with E-state index in [1.54, 1.807) is 18.9 Å². The molecule has 0 saturated carbocycles. The van der Waals surface area contributed by atoms with Crippen molar-refractivity contribution in [2.45, 2.75) is 41.0 Å². The first-order valence-electron chi connectivity index (χ1n) is 13.2. The maximum atomic E-state index is 13.4. The molecule has 5 rings (SSSR count). The van der Waals surface area contributed by atoms with Gasteiger partial charge in [0.15, 0.2) is 0 Å². The van der Waals surface area contributed by atoms with E-state index in [0.29, 0.717) is 17.0 Å². The number of hydrogen-bond acceptors (Lipinski definition) is 7. The van der Waals surface area contributed by atoms with Crippen LogP contribution in [0.25, 0.3) is 11.0 Å². The normalized spacial score (nSPS) is 11.2. The first-order chi connectivity index (χ1) is 19.8. The molecule has 0 fully saturated rings. The van der Waals surface area contributed by atoms with Gasteiger partial charge in [0.25, 0.3) is 0 Å². The van der Waals surface area contributed by atoms with Crippen molar-refractivity contribution in [2.75, 3.05) is 17.7 Å². The van der Waals surface area contributed by atoms with Crippen LogP contribution in [0.1, 0.15) is 35.8 Å². The third kappa shape index (κ3) is 6.89. The zero-order valence-electron chi connectivity index (χ0n) is 23.7. The summed E-state index contributed by atoms with van der Waals surface area (Å²) < 4.78 is 6.63. The van der Waals surface area contributed by atoms with Gasteiger partial charge in [-0.3, -0.25) is 0 Å². The Hall–Kier alpha value is -3.87. The van der Waals surface area contributed by atoms with Gasteiger partial charge in [-0.2, -0.15) is 0 Å². The molecule has 0 unspecified atom stereocenters. The average molecular weight is 626 g/mol. The van der Waals surface area contributed by atoms with E-state index in [1.807, 2.05) is 66.7 Å². The topological polar surface area (TPSA) is 89.0 Å². The molecule has 0 aliphatic rings. The fourth-order valence-corrected chi connectivity index (χ4v) is 6.72. The number of anilines is 3. The number of methoxy groups -OCH3 is 1. The molecule has 2 N–H and O–H groups in total. The Morgan fingerprint density at radius 3 is 2.49 bits per heavy atom. The standard InChI is InChI=1S/C32H32AsN5O2S/c1-20(2)27-15-14-26-30(37-27)34-19-35-31(26)38-28-17-21(32(39)36-23-8-6-7-22(18-23)33(3)4)9-16-29(28)41-25-12-10-24(40-5)11-13-25/h6-20H,1-5H3,(H,36,39)(H,34,35,37,38). The van der Waals surface area contributed by atoms with Gasteiger partial charge in [0.2, 0.25) is 0 Å². The number of pyridine rings is 1. The quantitative estimate of drug-likeness (QED) is 0.167. The average Bonchev–Trinajstić information content (AvgIpc) is 2.98. The van der Waals surface area contributed by atoms with Crippen molar-refractivity contribution < 1.29 is 9.53 Å². The summed E-state index contributed by atoms with van der Waals surface area (Å²) in [5.41, 5.74) is 8.26. The van der Waals surface area contributed by atoms with Crippen LogP contribution in [0.15, 0.2) is 95.0 Å². The van der Waals surface area contributed by atoms with Crippen LogP contribution >= 0.6 is 11.8 Å². The van der Waals surface area contributed by atoms with Gasteiger partial charge in [0.05, 0.1) is 7.11 Å². The predicted molar refractivity (Wildman–Crippen MR) is 170 cm³/mol. The van der Waals surface area contributed by atoms with E-state index in [0.717, 1.165) is 38.0 Å². The molecule has 9 heteroatoms. The smallest absolute Gasteiger partial charge is 0.0189 e. The Labute approximate surface area is 249 Å². The second kappa shape index (κ2) is 12.8. The summed E-state index contributed by atoms with van der Waals surface area (Å²) in [5, 5.41) is 7.36. The third-order valence-corrected chi connectivity index (χ3v) is 10.3. The van der Waals surface area contributed by atoms with E-state index in [9.17, 15) is 4.79 Å². The molecule has 0 aliphatic heterocycles. The zero-order chi connectivity index (χ0) is 28.9. The Morgan fingerprint density at radius 2 is 1.76 bits per heavy atom. The zero-order valence-corrected chi connectivity index (χ0v) is 26.4. The van der Waals surface area contributed by atoms with Gasteiger partial charge in [0, 0.05) is 5.69 Å². The second-order valence-electron chi connectivity index (χ2n) is 10.00. The molecular formula is C32H32AsN5O2S. The van der Waals surface area contributed by atoms with Crippen LogP contribution in [0.2, 0.25) is 11.4 Å². The molecule has 1 amide bonds. The van der Waals surface area contributed by atoms with Gasteiger partial charge in [-0.15, -0.1) is 0 Å². The van der Waals surface area contributed by atoms with E-state index in [4.69, 9.17) is 9.72 Å². The predicted octanol–water partition coefficient (Wildman–Crippen LogP) is 7.27. The van der Waals surface area contributed by atoms with Crippen LogP contribution in [0.3, 0.4) is 0 Å². The van der Waals surface area contributed by atoms with Crippen molar-refractivity contribution >= 4 is 64.9 Å². The molecule has 2 heterocycles. The fourth-order valence-electron chi connectivity index (χ4n) is 4.20. The van der Waals surface area contributed by atoms with Crippen LogP contribution in [-0.4, -0.2) is 42.6 Å². The molecule has 3 aromatic carbocycles. The van der Waals surface area contributed by atoms with E-state index < -0.39 is 14.7 Å². The van der Waals surface area contributed by atoms with Crippen molar-refractivity contribution in [1.82, 2.24) is 15.0 Å². The SMILES string of the molecule is COc1ccc(Sc2ccc(C(=O)Nc3cccc([As](C)C)c3)cc2Nc2ncnc3nc(C(C)C)ccc23)cc1. The second-order valence-corrected chi connectivity index (χ2v) is 15.9. The molecule has 0 aliphatic carbocycles. The number of carbonyl (C=O) groups excluding carboxylic acids is 1. The monoisotopic (exact) mass is 625 g/mol. The summed E-state index contributed by atoms with van der Waals surface area (Å²) >= 11 is 0.532. The van der Waals surface area contributed by atoms with Crippen LogP contribution in [0.4, 0.5) is 17.2 Å². The number of amides is 1. The first-order valence-corrected chi connectivity index (χ1v) is 18.7. The Balaban J connectivity index is 1.50. The number of hydrogen-bond donors (Lipinski definition) is 2. The van der Waals surface area contributed by atoms with Crippen LogP contribution < -0.4 is 19.7 Å². The number of nitrogens with one attached hydrogen (secondary N) is 2. The number of aromatic nitrogens is 3. The molecular weight excluding hydrogens is 593 g/mol. The van der Waals surface area contributed by atoms with Crippen molar-refractivity contribution in [2.24, 2.45) is 0 Å². The van der Waals surface area contributed by atoms with Crippen molar-refractivity contribution in [3.8, 4) is 5.75 Å². The van der Waals surface area contributed by atoms with Gasteiger partial charge >= 0.3 is 179 Å². The van der Waals surface area contributed by atoms with Crippen molar-refractivity contribution in [3.63, 3.8) is 0 Å². The number of ether oxygens (including phenoxy) is 1.